The van der Waals surface area contributed by atoms with E-state index in [0.717, 1.165) is 78.0 Å². The van der Waals surface area contributed by atoms with E-state index >= 15 is 0 Å². The molecule has 5 heterocycles. The van der Waals surface area contributed by atoms with E-state index in [-0.39, 0.29) is 12.0 Å². The molecule has 3 aromatic rings. The third kappa shape index (κ3) is 5.18. The van der Waals surface area contributed by atoms with Crippen LogP contribution in [-0.4, -0.2) is 65.5 Å². The molecule has 2 atom stereocenters. The highest BCUT2D eigenvalue weighted by molar-refractivity contribution is 9.10. The van der Waals surface area contributed by atoms with Gasteiger partial charge in [0, 0.05) is 68.7 Å². The molecule has 10 heteroatoms. The second-order valence-electron chi connectivity index (χ2n) is 11.8. The summed E-state index contributed by atoms with van der Waals surface area (Å²) in [5, 5.41) is 11.0. The van der Waals surface area contributed by atoms with Crippen molar-refractivity contribution in [3.8, 4) is 0 Å². The van der Waals surface area contributed by atoms with Gasteiger partial charge in [-0.25, -0.2) is 15.0 Å². The fourth-order valence-corrected chi connectivity index (χ4v) is 6.80. The standard InChI is InChI=1S/C26H37BrN6O2Si/c1-26-15-31(7-5-20(26)13-33(16-26)23-19(14-34)11-21(27)12-28-23)24-22-6-8-32(25(22)30-17-29-24)18-35-9-10-36(2,3)4/h6,8,11-12,17,20,34H,5,7,9-10,13-16,18H2,1-4H3. The second-order valence-corrected chi connectivity index (χ2v) is 18.3. The van der Waals surface area contributed by atoms with Crippen molar-refractivity contribution < 1.29 is 9.84 Å². The van der Waals surface area contributed by atoms with Crippen molar-refractivity contribution in [2.75, 3.05) is 42.6 Å². The van der Waals surface area contributed by atoms with Crippen LogP contribution in [0.5, 0.6) is 0 Å². The first-order valence-electron chi connectivity index (χ1n) is 12.8. The van der Waals surface area contributed by atoms with Gasteiger partial charge >= 0.3 is 0 Å². The smallest absolute Gasteiger partial charge is 0.147 e. The molecular formula is C26H37BrN6O2Si. The fourth-order valence-electron chi connectivity index (χ4n) is 5.67. The number of pyridine rings is 1. The predicted octanol–water partition coefficient (Wildman–Crippen LogP) is 4.75. The van der Waals surface area contributed by atoms with Gasteiger partial charge in [0.25, 0.3) is 0 Å². The van der Waals surface area contributed by atoms with Crippen molar-refractivity contribution in [3.05, 3.63) is 40.9 Å². The van der Waals surface area contributed by atoms with Crippen molar-refractivity contribution in [3.63, 3.8) is 0 Å². The third-order valence-corrected chi connectivity index (χ3v) is 9.86. The highest BCUT2D eigenvalue weighted by Gasteiger charge is 2.47. The number of halogens is 1. The van der Waals surface area contributed by atoms with Crippen molar-refractivity contribution in [2.24, 2.45) is 11.3 Å². The van der Waals surface area contributed by atoms with Gasteiger partial charge in [-0.2, -0.15) is 0 Å². The van der Waals surface area contributed by atoms with E-state index in [4.69, 9.17) is 9.72 Å². The highest BCUT2D eigenvalue weighted by Crippen LogP contribution is 2.45. The van der Waals surface area contributed by atoms with Crippen LogP contribution in [0.4, 0.5) is 11.6 Å². The molecule has 36 heavy (non-hydrogen) atoms. The molecule has 0 aliphatic carbocycles. The van der Waals surface area contributed by atoms with Crippen LogP contribution in [0.2, 0.25) is 25.7 Å². The van der Waals surface area contributed by atoms with Gasteiger partial charge in [-0.15, -0.1) is 0 Å². The Kier molecular flexibility index (Phi) is 7.15. The van der Waals surface area contributed by atoms with Crippen LogP contribution in [-0.2, 0) is 18.1 Å². The number of piperidine rings is 1. The lowest BCUT2D eigenvalue weighted by Crippen LogP contribution is -2.47. The largest absolute Gasteiger partial charge is 0.392 e. The minimum absolute atomic E-state index is 0.0104. The van der Waals surface area contributed by atoms with Crippen LogP contribution in [0, 0.1) is 11.3 Å². The number of hydrogen-bond donors (Lipinski definition) is 1. The summed E-state index contributed by atoms with van der Waals surface area (Å²) in [5.74, 6) is 2.49. The van der Waals surface area contributed by atoms with Gasteiger partial charge in [-0.1, -0.05) is 26.6 Å². The van der Waals surface area contributed by atoms with E-state index in [0.29, 0.717) is 12.6 Å². The third-order valence-electron chi connectivity index (χ3n) is 7.72. The van der Waals surface area contributed by atoms with Gasteiger partial charge in [0.15, 0.2) is 0 Å². The van der Waals surface area contributed by atoms with Crippen LogP contribution in [0.1, 0.15) is 18.9 Å². The first kappa shape index (κ1) is 25.6. The SMILES string of the molecule is CC12CN(c3ncc(Br)cc3CO)CC1CCN(c1ncnc3c1ccn3COCC[Si](C)(C)C)C2. The molecule has 194 valence electrons. The molecule has 0 saturated carbocycles. The zero-order valence-corrected chi connectivity index (χ0v) is 24.3. The highest BCUT2D eigenvalue weighted by atomic mass is 79.9. The molecule has 8 nitrogen and oxygen atoms in total. The van der Waals surface area contributed by atoms with Crippen LogP contribution >= 0.6 is 15.9 Å². The Morgan fingerprint density at radius 2 is 1.97 bits per heavy atom. The van der Waals surface area contributed by atoms with Gasteiger partial charge in [-0.05, 0) is 46.4 Å². The zero-order valence-electron chi connectivity index (χ0n) is 21.7. The molecule has 1 N–H and O–H groups in total. The van der Waals surface area contributed by atoms with Crippen molar-refractivity contribution in [1.82, 2.24) is 19.5 Å². The van der Waals surface area contributed by atoms with Gasteiger partial charge in [-0.3, -0.25) is 0 Å². The Balaban J connectivity index is 1.32. The molecule has 0 radical (unpaired) electrons. The van der Waals surface area contributed by atoms with Gasteiger partial charge < -0.3 is 24.2 Å². The molecule has 2 aliphatic rings. The number of fused-ring (bicyclic) bond motifs is 2. The van der Waals surface area contributed by atoms with E-state index in [1.165, 1.54) is 0 Å². The number of nitrogens with zero attached hydrogens (tertiary/aromatic N) is 6. The van der Waals surface area contributed by atoms with Crippen molar-refractivity contribution >= 4 is 46.7 Å². The Morgan fingerprint density at radius 1 is 1.17 bits per heavy atom. The van der Waals surface area contributed by atoms with Crippen molar-refractivity contribution in [1.29, 1.82) is 0 Å². The topological polar surface area (TPSA) is 79.5 Å². The van der Waals surface area contributed by atoms with Crippen LogP contribution in [0.25, 0.3) is 11.0 Å². The molecule has 0 aromatic carbocycles. The van der Waals surface area contributed by atoms with Gasteiger partial charge in [0.2, 0.25) is 0 Å². The summed E-state index contributed by atoms with van der Waals surface area (Å²) in [4.78, 5) is 18.8. The molecule has 0 amide bonds. The minimum Gasteiger partial charge on any atom is -0.392 e. The maximum Gasteiger partial charge on any atom is 0.147 e. The minimum atomic E-state index is -1.11. The molecule has 5 rings (SSSR count). The van der Waals surface area contributed by atoms with E-state index in [9.17, 15) is 5.11 Å². The van der Waals surface area contributed by atoms with Crippen LogP contribution in [0.15, 0.2) is 35.3 Å². The summed E-state index contributed by atoms with van der Waals surface area (Å²) >= 11 is 3.48. The lowest BCUT2D eigenvalue weighted by molar-refractivity contribution is 0.0899. The molecule has 2 fully saturated rings. The lowest BCUT2D eigenvalue weighted by Gasteiger charge is -2.42. The Bertz CT molecular complexity index is 1230. The van der Waals surface area contributed by atoms with E-state index in [2.05, 4.69) is 79.1 Å². The number of anilines is 2. The summed E-state index contributed by atoms with van der Waals surface area (Å²) in [6.45, 7) is 14.6. The molecule has 3 aromatic heterocycles. The first-order valence-corrected chi connectivity index (χ1v) is 17.3. The number of aliphatic hydroxyl groups is 1. The number of aliphatic hydroxyl groups excluding tert-OH is 1. The number of ether oxygens (including phenoxy) is 1. The molecule has 2 unspecified atom stereocenters. The normalized spacial score (nSPS) is 22.4. The van der Waals surface area contributed by atoms with Gasteiger partial charge in [0.05, 0.1) is 12.0 Å². The first-order chi connectivity index (χ1) is 17.2. The van der Waals surface area contributed by atoms with Gasteiger partial charge in [0.1, 0.15) is 30.3 Å². The summed E-state index contributed by atoms with van der Waals surface area (Å²) in [5.41, 5.74) is 1.91. The van der Waals surface area contributed by atoms with Crippen LogP contribution < -0.4 is 9.80 Å². The Morgan fingerprint density at radius 3 is 2.75 bits per heavy atom. The lowest BCUT2D eigenvalue weighted by atomic mass is 9.75. The summed E-state index contributed by atoms with van der Waals surface area (Å²) in [6.07, 6.45) is 6.68. The number of aromatic nitrogens is 4. The van der Waals surface area contributed by atoms with E-state index < -0.39 is 8.07 Å². The summed E-state index contributed by atoms with van der Waals surface area (Å²) in [7, 11) is -1.11. The number of rotatable bonds is 8. The fraction of sp³-hybridized carbons (Fsp3) is 0.577. The average molecular weight is 574 g/mol. The number of hydrogen-bond acceptors (Lipinski definition) is 7. The molecule has 0 spiro atoms. The van der Waals surface area contributed by atoms with Crippen LogP contribution in [0.3, 0.4) is 0 Å². The molecule has 2 saturated heterocycles. The Labute approximate surface area is 222 Å². The van der Waals surface area contributed by atoms with E-state index in [1.807, 2.05) is 12.3 Å². The zero-order chi connectivity index (χ0) is 25.5. The van der Waals surface area contributed by atoms with Crippen molar-refractivity contribution in [2.45, 2.75) is 52.4 Å². The Hall–Kier alpha value is -2.01. The monoisotopic (exact) mass is 572 g/mol. The average Bonchev–Trinajstić information content (AvgIpc) is 3.41. The maximum atomic E-state index is 9.90. The summed E-state index contributed by atoms with van der Waals surface area (Å²) in [6, 6.07) is 5.25. The molecule has 2 aliphatic heterocycles. The quantitative estimate of drug-likeness (QED) is 0.308. The second kappa shape index (κ2) is 10.0. The van der Waals surface area contributed by atoms with E-state index in [1.54, 1.807) is 6.33 Å². The predicted molar refractivity (Wildman–Crippen MR) is 150 cm³/mol. The molecular weight excluding hydrogens is 536 g/mol. The maximum absolute atomic E-state index is 9.90. The summed E-state index contributed by atoms with van der Waals surface area (Å²) < 4.78 is 8.98. The molecule has 0 bridgehead atoms.